The van der Waals surface area contributed by atoms with Crippen molar-refractivity contribution in [3.63, 3.8) is 0 Å². The van der Waals surface area contributed by atoms with Crippen molar-refractivity contribution in [3.05, 3.63) is 17.3 Å². The molecule has 16 heavy (non-hydrogen) atoms. The quantitative estimate of drug-likeness (QED) is 0.718. The first-order valence-corrected chi connectivity index (χ1v) is 5.59. The fourth-order valence-corrected chi connectivity index (χ4v) is 1.94. The summed E-state index contributed by atoms with van der Waals surface area (Å²) in [6.45, 7) is 9.34. The summed E-state index contributed by atoms with van der Waals surface area (Å²) in [5.41, 5.74) is 1.66. The SMILES string of the molecule is Cc1nc2ncnc(Cl)c2n1CC(C)(C)C. The smallest absolute Gasteiger partial charge is 0.182 e. The lowest BCUT2D eigenvalue weighted by Gasteiger charge is -2.20. The minimum absolute atomic E-state index is 0.164. The Morgan fingerprint density at radius 3 is 2.62 bits per heavy atom. The second-order valence-electron chi connectivity index (χ2n) is 5.14. The van der Waals surface area contributed by atoms with E-state index in [4.69, 9.17) is 11.6 Å². The van der Waals surface area contributed by atoms with Gasteiger partial charge < -0.3 is 4.57 Å². The Kier molecular flexibility index (Phi) is 2.62. The zero-order valence-electron chi connectivity index (χ0n) is 9.95. The molecule has 2 aromatic heterocycles. The summed E-state index contributed by atoms with van der Waals surface area (Å²) in [5.74, 6) is 0.923. The van der Waals surface area contributed by atoms with E-state index in [9.17, 15) is 0 Å². The molecule has 2 rings (SSSR count). The van der Waals surface area contributed by atoms with E-state index in [1.165, 1.54) is 6.33 Å². The first-order valence-electron chi connectivity index (χ1n) is 5.22. The molecule has 0 aliphatic rings. The number of rotatable bonds is 1. The summed E-state index contributed by atoms with van der Waals surface area (Å²) in [4.78, 5) is 12.5. The van der Waals surface area contributed by atoms with E-state index >= 15 is 0 Å². The second-order valence-corrected chi connectivity index (χ2v) is 5.50. The molecule has 0 aliphatic heterocycles. The van der Waals surface area contributed by atoms with Gasteiger partial charge in [-0.25, -0.2) is 15.0 Å². The summed E-state index contributed by atoms with van der Waals surface area (Å²) in [6, 6.07) is 0. The first-order chi connectivity index (χ1) is 7.38. The van der Waals surface area contributed by atoms with Crippen LogP contribution >= 0.6 is 11.6 Å². The van der Waals surface area contributed by atoms with Crippen LogP contribution in [0.25, 0.3) is 11.2 Å². The minimum Gasteiger partial charge on any atom is -0.324 e. The third kappa shape index (κ3) is 2.02. The largest absolute Gasteiger partial charge is 0.324 e. The van der Waals surface area contributed by atoms with Gasteiger partial charge in [0, 0.05) is 6.54 Å². The fourth-order valence-electron chi connectivity index (χ4n) is 1.71. The summed E-state index contributed by atoms with van der Waals surface area (Å²) in [5, 5.41) is 0.467. The molecule has 0 unspecified atom stereocenters. The lowest BCUT2D eigenvalue weighted by Crippen LogP contribution is -2.16. The van der Waals surface area contributed by atoms with Gasteiger partial charge in [-0.2, -0.15) is 0 Å². The fraction of sp³-hybridized carbons (Fsp3) is 0.545. The highest BCUT2D eigenvalue weighted by Crippen LogP contribution is 2.25. The standard InChI is InChI=1S/C11H15ClN4/c1-7-15-10-8(9(12)13-6-14-10)16(7)5-11(2,3)4/h6H,5H2,1-4H3. The van der Waals surface area contributed by atoms with Crippen molar-refractivity contribution in [1.82, 2.24) is 19.5 Å². The van der Waals surface area contributed by atoms with E-state index in [2.05, 4.69) is 40.3 Å². The molecular formula is C11H15ClN4. The third-order valence-electron chi connectivity index (χ3n) is 2.32. The van der Waals surface area contributed by atoms with Crippen LogP contribution in [-0.2, 0) is 6.54 Å². The highest BCUT2D eigenvalue weighted by atomic mass is 35.5. The van der Waals surface area contributed by atoms with Gasteiger partial charge >= 0.3 is 0 Å². The van der Waals surface area contributed by atoms with Gasteiger partial charge in [-0.1, -0.05) is 32.4 Å². The first kappa shape index (κ1) is 11.3. The van der Waals surface area contributed by atoms with Crippen molar-refractivity contribution in [3.8, 4) is 0 Å². The number of halogens is 1. The van der Waals surface area contributed by atoms with Gasteiger partial charge in [0.15, 0.2) is 10.8 Å². The minimum atomic E-state index is 0.164. The molecule has 86 valence electrons. The van der Waals surface area contributed by atoms with Crippen LogP contribution in [0, 0.1) is 12.3 Å². The predicted molar refractivity (Wildman–Crippen MR) is 64.5 cm³/mol. The molecule has 4 nitrogen and oxygen atoms in total. The van der Waals surface area contributed by atoms with Crippen molar-refractivity contribution >= 4 is 22.8 Å². The van der Waals surface area contributed by atoms with Crippen LogP contribution in [0.5, 0.6) is 0 Å². The molecule has 0 N–H and O–H groups in total. The van der Waals surface area contributed by atoms with E-state index in [-0.39, 0.29) is 5.41 Å². The topological polar surface area (TPSA) is 43.6 Å². The molecule has 2 aromatic rings. The van der Waals surface area contributed by atoms with Gasteiger partial charge in [0.1, 0.15) is 17.7 Å². The van der Waals surface area contributed by atoms with Crippen LogP contribution in [0.1, 0.15) is 26.6 Å². The number of fused-ring (bicyclic) bond motifs is 1. The van der Waals surface area contributed by atoms with Gasteiger partial charge in [-0.05, 0) is 12.3 Å². The van der Waals surface area contributed by atoms with Gasteiger partial charge in [-0.3, -0.25) is 0 Å². The number of aryl methyl sites for hydroxylation is 1. The van der Waals surface area contributed by atoms with E-state index in [1.54, 1.807) is 0 Å². The van der Waals surface area contributed by atoms with Crippen molar-refractivity contribution in [2.24, 2.45) is 5.41 Å². The number of aromatic nitrogens is 4. The Labute approximate surface area is 99.7 Å². The molecule has 0 atom stereocenters. The second kappa shape index (κ2) is 3.70. The molecule has 0 saturated carbocycles. The van der Waals surface area contributed by atoms with Crippen LogP contribution in [0.2, 0.25) is 5.15 Å². The highest BCUT2D eigenvalue weighted by Gasteiger charge is 2.18. The summed E-state index contributed by atoms with van der Waals surface area (Å²) in [7, 11) is 0. The van der Waals surface area contributed by atoms with Crippen molar-refractivity contribution < 1.29 is 0 Å². The van der Waals surface area contributed by atoms with Crippen molar-refractivity contribution in [1.29, 1.82) is 0 Å². The Morgan fingerprint density at radius 2 is 2.00 bits per heavy atom. The lowest BCUT2D eigenvalue weighted by atomic mass is 9.97. The van der Waals surface area contributed by atoms with Crippen LogP contribution in [-0.4, -0.2) is 19.5 Å². The molecule has 0 bridgehead atoms. The van der Waals surface area contributed by atoms with E-state index in [1.807, 2.05) is 6.92 Å². The molecule has 0 saturated heterocycles. The number of nitrogens with zero attached hydrogens (tertiary/aromatic N) is 4. The maximum absolute atomic E-state index is 6.09. The number of imidazole rings is 1. The predicted octanol–water partition coefficient (Wildman–Crippen LogP) is 2.83. The monoisotopic (exact) mass is 238 g/mol. The van der Waals surface area contributed by atoms with Gasteiger partial charge in [0.2, 0.25) is 0 Å². The number of hydrogen-bond donors (Lipinski definition) is 0. The molecule has 0 fully saturated rings. The molecule has 0 radical (unpaired) electrons. The Bertz CT molecular complexity index is 524. The van der Waals surface area contributed by atoms with Crippen LogP contribution in [0.4, 0.5) is 0 Å². The molecule has 0 aliphatic carbocycles. The molecule has 0 spiro atoms. The van der Waals surface area contributed by atoms with E-state index < -0.39 is 0 Å². The van der Waals surface area contributed by atoms with Crippen LogP contribution in [0.15, 0.2) is 6.33 Å². The zero-order chi connectivity index (χ0) is 11.9. The van der Waals surface area contributed by atoms with Crippen molar-refractivity contribution in [2.45, 2.75) is 34.2 Å². The molecule has 0 amide bonds. The van der Waals surface area contributed by atoms with Crippen LogP contribution in [0.3, 0.4) is 0 Å². The normalized spacial score (nSPS) is 12.3. The highest BCUT2D eigenvalue weighted by molar-refractivity contribution is 6.33. The Morgan fingerprint density at radius 1 is 1.31 bits per heavy atom. The Balaban J connectivity index is 2.64. The summed E-state index contributed by atoms with van der Waals surface area (Å²) >= 11 is 6.09. The maximum Gasteiger partial charge on any atom is 0.182 e. The molecule has 5 heteroatoms. The van der Waals surface area contributed by atoms with Gasteiger partial charge in [0.05, 0.1) is 0 Å². The van der Waals surface area contributed by atoms with E-state index in [0.29, 0.717) is 10.8 Å². The molecule has 2 heterocycles. The molecular weight excluding hydrogens is 224 g/mol. The third-order valence-corrected chi connectivity index (χ3v) is 2.60. The zero-order valence-corrected chi connectivity index (χ0v) is 10.7. The summed E-state index contributed by atoms with van der Waals surface area (Å²) < 4.78 is 2.08. The van der Waals surface area contributed by atoms with Crippen LogP contribution < -0.4 is 0 Å². The van der Waals surface area contributed by atoms with E-state index in [0.717, 1.165) is 17.9 Å². The Hall–Kier alpha value is -1.16. The average Bonchev–Trinajstić information content (AvgIpc) is 2.42. The molecule has 0 aromatic carbocycles. The van der Waals surface area contributed by atoms with Gasteiger partial charge in [0.25, 0.3) is 0 Å². The lowest BCUT2D eigenvalue weighted by molar-refractivity contribution is 0.345. The van der Waals surface area contributed by atoms with Crippen molar-refractivity contribution in [2.75, 3.05) is 0 Å². The number of hydrogen-bond acceptors (Lipinski definition) is 3. The summed E-state index contributed by atoms with van der Waals surface area (Å²) in [6.07, 6.45) is 1.44. The van der Waals surface area contributed by atoms with Gasteiger partial charge in [-0.15, -0.1) is 0 Å². The average molecular weight is 239 g/mol. The maximum atomic E-state index is 6.09.